The van der Waals surface area contributed by atoms with Crippen LogP contribution in [0.2, 0.25) is 0 Å². The maximum atomic E-state index is 9.19. The molecular weight excluding hydrogens is 228 g/mol. The Bertz CT molecular complexity index is 368. The quantitative estimate of drug-likeness (QED) is 0.819. The third kappa shape index (κ3) is 2.34. The number of methoxy groups -OCH3 is 2. The molecule has 2 unspecified atom stereocenters. The first-order valence-electron chi connectivity index (χ1n) is 6.52. The van der Waals surface area contributed by atoms with E-state index in [2.05, 4.69) is 27.7 Å². The first-order valence-corrected chi connectivity index (χ1v) is 6.52. The minimum absolute atomic E-state index is 0.193. The van der Waals surface area contributed by atoms with E-state index in [0.717, 1.165) is 24.2 Å². The average molecular weight is 254 g/mol. The van der Waals surface area contributed by atoms with Crippen LogP contribution in [0.5, 0.6) is 0 Å². The highest BCUT2D eigenvalue weighted by Gasteiger charge is 2.42. The van der Waals surface area contributed by atoms with Crippen molar-refractivity contribution in [3.05, 3.63) is 22.5 Å². The maximum absolute atomic E-state index is 9.19. The van der Waals surface area contributed by atoms with Crippen molar-refractivity contribution in [1.29, 1.82) is 0 Å². The molecule has 0 saturated carbocycles. The fourth-order valence-corrected chi connectivity index (χ4v) is 3.14. The Morgan fingerprint density at radius 3 is 2.33 bits per heavy atom. The molecule has 0 aliphatic heterocycles. The average Bonchev–Trinajstić information content (AvgIpc) is 2.34. The molecule has 0 amide bonds. The van der Waals surface area contributed by atoms with Crippen LogP contribution in [0.25, 0.3) is 0 Å². The molecule has 1 aliphatic rings. The molecule has 0 aromatic heterocycles. The fourth-order valence-electron chi connectivity index (χ4n) is 3.14. The van der Waals surface area contributed by atoms with Gasteiger partial charge in [-0.3, -0.25) is 0 Å². The Labute approximate surface area is 110 Å². The van der Waals surface area contributed by atoms with E-state index in [1.165, 1.54) is 11.1 Å². The molecule has 0 bridgehead atoms. The molecule has 0 fully saturated rings. The Morgan fingerprint density at radius 2 is 1.89 bits per heavy atom. The Hall–Kier alpha value is -0.800. The summed E-state index contributed by atoms with van der Waals surface area (Å²) in [6.07, 6.45) is 1.57. The van der Waals surface area contributed by atoms with Crippen molar-refractivity contribution in [2.75, 3.05) is 20.8 Å². The van der Waals surface area contributed by atoms with Crippen molar-refractivity contribution in [1.82, 2.24) is 0 Å². The molecule has 2 atom stereocenters. The van der Waals surface area contributed by atoms with Crippen molar-refractivity contribution >= 4 is 0 Å². The highest BCUT2D eigenvalue weighted by Crippen LogP contribution is 2.44. The topological polar surface area (TPSA) is 38.7 Å². The van der Waals surface area contributed by atoms with Gasteiger partial charge >= 0.3 is 0 Å². The summed E-state index contributed by atoms with van der Waals surface area (Å²) in [5, 5.41) is 9.19. The third-order valence-electron chi connectivity index (χ3n) is 4.38. The molecule has 0 aromatic rings. The van der Waals surface area contributed by atoms with E-state index in [1.807, 2.05) is 0 Å². The monoisotopic (exact) mass is 254 g/mol. The van der Waals surface area contributed by atoms with Gasteiger partial charge in [0.15, 0.2) is 0 Å². The summed E-state index contributed by atoms with van der Waals surface area (Å²) >= 11 is 0. The van der Waals surface area contributed by atoms with Crippen LogP contribution in [-0.4, -0.2) is 31.5 Å². The molecule has 0 saturated heterocycles. The van der Waals surface area contributed by atoms with Crippen molar-refractivity contribution in [2.45, 2.75) is 46.1 Å². The van der Waals surface area contributed by atoms with Crippen LogP contribution in [0.15, 0.2) is 22.5 Å². The van der Waals surface area contributed by atoms with Crippen molar-refractivity contribution < 1.29 is 14.6 Å². The van der Waals surface area contributed by atoms with E-state index in [1.54, 1.807) is 14.2 Å². The SMILES string of the molecule is COC1=C(C)CC(OC)(C(C)CCO)C(C)=C1C. The molecule has 0 heterocycles. The Balaban J connectivity index is 3.23. The molecule has 3 nitrogen and oxygen atoms in total. The fraction of sp³-hybridized carbons (Fsp3) is 0.733. The minimum Gasteiger partial charge on any atom is -0.497 e. The first kappa shape index (κ1) is 15.3. The van der Waals surface area contributed by atoms with E-state index in [9.17, 15) is 5.11 Å². The zero-order valence-corrected chi connectivity index (χ0v) is 12.5. The van der Waals surface area contributed by atoms with Gasteiger partial charge in [0.25, 0.3) is 0 Å². The highest BCUT2D eigenvalue weighted by molar-refractivity contribution is 5.42. The highest BCUT2D eigenvalue weighted by atomic mass is 16.5. The van der Waals surface area contributed by atoms with Crippen LogP contribution in [0.1, 0.15) is 40.5 Å². The molecule has 1 N–H and O–H groups in total. The zero-order chi connectivity index (χ0) is 13.9. The van der Waals surface area contributed by atoms with E-state index in [0.29, 0.717) is 0 Å². The second kappa shape index (κ2) is 5.89. The number of allylic oxidation sites excluding steroid dienone is 1. The van der Waals surface area contributed by atoms with Crippen LogP contribution < -0.4 is 0 Å². The lowest BCUT2D eigenvalue weighted by molar-refractivity contribution is -0.0323. The van der Waals surface area contributed by atoms with Gasteiger partial charge in [0.05, 0.1) is 12.7 Å². The lowest BCUT2D eigenvalue weighted by atomic mass is 9.71. The molecule has 18 heavy (non-hydrogen) atoms. The summed E-state index contributed by atoms with van der Waals surface area (Å²) in [6.45, 7) is 8.61. The van der Waals surface area contributed by atoms with Crippen LogP contribution in [0.4, 0.5) is 0 Å². The lowest BCUT2D eigenvalue weighted by Gasteiger charge is -2.43. The number of ether oxygens (including phenoxy) is 2. The van der Waals surface area contributed by atoms with Gasteiger partial charge in [-0.15, -0.1) is 0 Å². The Morgan fingerprint density at radius 1 is 1.28 bits per heavy atom. The number of aliphatic hydroxyl groups is 1. The predicted molar refractivity (Wildman–Crippen MR) is 73.3 cm³/mol. The summed E-state index contributed by atoms with van der Waals surface area (Å²) in [5.74, 6) is 1.26. The predicted octanol–water partition coefficient (Wildman–Crippen LogP) is 3.05. The van der Waals surface area contributed by atoms with Gasteiger partial charge in [-0.05, 0) is 49.8 Å². The first-order chi connectivity index (χ1) is 8.44. The third-order valence-corrected chi connectivity index (χ3v) is 4.38. The summed E-state index contributed by atoms with van der Waals surface area (Å²) in [4.78, 5) is 0. The second-order valence-corrected chi connectivity index (χ2v) is 5.25. The van der Waals surface area contributed by atoms with E-state index in [4.69, 9.17) is 9.47 Å². The van der Waals surface area contributed by atoms with Crippen molar-refractivity contribution in [2.24, 2.45) is 5.92 Å². The largest absolute Gasteiger partial charge is 0.497 e. The van der Waals surface area contributed by atoms with Crippen LogP contribution in [0.3, 0.4) is 0 Å². The van der Waals surface area contributed by atoms with Gasteiger partial charge in [-0.1, -0.05) is 6.92 Å². The van der Waals surface area contributed by atoms with Crippen LogP contribution in [-0.2, 0) is 9.47 Å². The zero-order valence-electron chi connectivity index (χ0n) is 12.5. The molecule has 0 radical (unpaired) electrons. The summed E-state index contributed by atoms with van der Waals surface area (Å²) < 4.78 is 11.4. The van der Waals surface area contributed by atoms with Crippen LogP contribution >= 0.6 is 0 Å². The standard InChI is InChI=1S/C15H26O3/c1-10-9-15(18-6,11(2)7-8-16)13(4)12(3)14(10)17-5/h11,16H,7-9H2,1-6H3. The number of hydrogen-bond acceptors (Lipinski definition) is 3. The maximum Gasteiger partial charge on any atom is 0.120 e. The van der Waals surface area contributed by atoms with Gasteiger partial charge in [-0.25, -0.2) is 0 Å². The molecule has 1 aliphatic carbocycles. The molecule has 0 aromatic carbocycles. The van der Waals surface area contributed by atoms with Crippen molar-refractivity contribution in [3.8, 4) is 0 Å². The van der Waals surface area contributed by atoms with Gasteiger partial charge < -0.3 is 14.6 Å². The second-order valence-electron chi connectivity index (χ2n) is 5.25. The van der Waals surface area contributed by atoms with Gasteiger partial charge in [0.1, 0.15) is 5.76 Å². The molecule has 1 rings (SSSR count). The Kier molecular flexibility index (Phi) is 5.00. The smallest absolute Gasteiger partial charge is 0.120 e. The van der Waals surface area contributed by atoms with Gasteiger partial charge in [0, 0.05) is 20.1 Å². The molecule has 104 valence electrons. The number of rotatable bonds is 5. The lowest BCUT2D eigenvalue weighted by Crippen LogP contribution is -2.43. The molecular formula is C15H26O3. The van der Waals surface area contributed by atoms with E-state index >= 15 is 0 Å². The normalized spacial score (nSPS) is 26.6. The van der Waals surface area contributed by atoms with E-state index in [-0.39, 0.29) is 18.1 Å². The molecule has 0 spiro atoms. The number of hydrogen-bond donors (Lipinski definition) is 1. The number of aliphatic hydroxyl groups excluding tert-OH is 1. The van der Waals surface area contributed by atoms with Gasteiger partial charge in [-0.2, -0.15) is 0 Å². The van der Waals surface area contributed by atoms with Crippen molar-refractivity contribution in [3.63, 3.8) is 0 Å². The summed E-state index contributed by atoms with van der Waals surface area (Å²) in [6, 6.07) is 0. The minimum atomic E-state index is -0.307. The van der Waals surface area contributed by atoms with Crippen LogP contribution in [0, 0.1) is 5.92 Å². The summed E-state index contributed by atoms with van der Waals surface area (Å²) in [7, 11) is 3.47. The molecule has 3 heteroatoms. The summed E-state index contributed by atoms with van der Waals surface area (Å²) in [5.41, 5.74) is 3.28. The van der Waals surface area contributed by atoms with E-state index < -0.39 is 0 Å². The van der Waals surface area contributed by atoms with Gasteiger partial charge in [0.2, 0.25) is 0 Å².